The van der Waals surface area contributed by atoms with Crippen LogP contribution in [0.4, 0.5) is 0 Å². The molecule has 0 spiro atoms. The number of rotatable bonds is 59. The predicted octanol–water partition coefficient (Wildman–Crippen LogP) is 16.1. The van der Waals surface area contributed by atoms with Crippen molar-refractivity contribution in [1.82, 2.24) is 0 Å². The summed E-state index contributed by atoms with van der Waals surface area (Å²) in [7, 11) is -9.87. The van der Waals surface area contributed by atoms with Gasteiger partial charge in [0, 0.05) is 25.7 Å². The van der Waals surface area contributed by atoms with E-state index in [9.17, 15) is 43.2 Å². The third-order valence-electron chi connectivity index (χ3n) is 14.4. The quantitative estimate of drug-likeness (QED) is 0.0222. The molecule has 0 aromatic rings. The highest BCUT2D eigenvalue weighted by atomic mass is 31.2. The second-order valence-electron chi connectivity index (χ2n) is 22.2. The van der Waals surface area contributed by atoms with Crippen LogP contribution in [-0.2, 0) is 65.4 Å². The van der Waals surface area contributed by atoms with E-state index in [0.29, 0.717) is 25.7 Å². The van der Waals surface area contributed by atoms with Crippen LogP contribution in [-0.4, -0.2) is 96.7 Å². The van der Waals surface area contributed by atoms with Gasteiger partial charge in [0.2, 0.25) is 0 Å². The average Bonchev–Trinajstić information content (AvgIpc) is 3.42. The number of carbonyl (C=O) groups excluding carboxylic acids is 4. The molecule has 0 aliphatic rings. The molecule has 0 aromatic carbocycles. The summed E-state index contributed by atoms with van der Waals surface area (Å²) in [6.07, 6.45) is 33.6. The minimum absolute atomic E-state index is 0.102. The Labute approximate surface area is 479 Å². The van der Waals surface area contributed by atoms with E-state index in [1.54, 1.807) is 0 Å². The number of hydrogen-bond acceptors (Lipinski definition) is 15. The van der Waals surface area contributed by atoms with Gasteiger partial charge < -0.3 is 33.8 Å². The lowest BCUT2D eigenvalue weighted by Crippen LogP contribution is -2.30. The Morgan fingerprint density at radius 2 is 0.608 bits per heavy atom. The Balaban J connectivity index is 5.23. The van der Waals surface area contributed by atoms with E-state index in [1.807, 2.05) is 0 Å². The predicted molar refractivity (Wildman–Crippen MR) is 312 cm³/mol. The van der Waals surface area contributed by atoms with Gasteiger partial charge >= 0.3 is 39.5 Å². The zero-order valence-corrected chi connectivity index (χ0v) is 52.4. The maximum atomic E-state index is 12.9. The number of unbranched alkanes of at least 4 members (excludes halogenated alkanes) is 27. The lowest BCUT2D eigenvalue weighted by Gasteiger charge is -2.21. The summed E-state index contributed by atoms with van der Waals surface area (Å²) in [6.45, 7) is 9.33. The fraction of sp³-hybridized carbons (Fsp3) is 0.933. The number of ether oxygens (including phenoxy) is 4. The van der Waals surface area contributed by atoms with Crippen LogP contribution in [0.3, 0.4) is 0 Å². The fourth-order valence-corrected chi connectivity index (χ4v) is 10.3. The molecule has 0 rings (SSSR count). The van der Waals surface area contributed by atoms with Gasteiger partial charge in [0.15, 0.2) is 12.2 Å². The number of esters is 4. The van der Waals surface area contributed by atoms with Gasteiger partial charge in [-0.3, -0.25) is 37.3 Å². The van der Waals surface area contributed by atoms with Gasteiger partial charge in [-0.25, -0.2) is 9.13 Å². The summed E-state index contributed by atoms with van der Waals surface area (Å²) in [5.41, 5.74) is 0. The summed E-state index contributed by atoms with van der Waals surface area (Å²) < 4.78 is 67.7. The van der Waals surface area contributed by atoms with Crippen LogP contribution in [0.25, 0.3) is 0 Å². The number of aliphatic hydroxyl groups excluding tert-OH is 1. The van der Waals surface area contributed by atoms with Crippen LogP contribution in [0.1, 0.15) is 292 Å². The topological polar surface area (TPSA) is 237 Å². The van der Waals surface area contributed by atoms with Gasteiger partial charge in [0.1, 0.15) is 19.3 Å². The monoisotopic (exact) mass is 1170 g/mol. The molecule has 17 nitrogen and oxygen atoms in total. The van der Waals surface area contributed by atoms with Crippen molar-refractivity contribution in [2.45, 2.75) is 310 Å². The molecule has 4 unspecified atom stereocenters. The van der Waals surface area contributed by atoms with Gasteiger partial charge in [-0.1, -0.05) is 241 Å². The first-order valence-electron chi connectivity index (χ1n) is 31.6. The number of phosphoric ester groups is 2. The summed E-state index contributed by atoms with van der Waals surface area (Å²) in [4.78, 5) is 71.9. The van der Waals surface area contributed by atoms with E-state index in [2.05, 4.69) is 41.5 Å². The number of phosphoric acid groups is 2. The van der Waals surface area contributed by atoms with Crippen molar-refractivity contribution in [1.29, 1.82) is 0 Å². The van der Waals surface area contributed by atoms with Crippen molar-refractivity contribution >= 4 is 39.5 Å². The third-order valence-corrected chi connectivity index (χ3v) is 16.3. The molecule has 0 aromatic heterocycles. The highest BCUT2D eigenvalue weighted by Gasteiger charge is 2.30. The van der Waals surface area contributed by atoms with Gasteiger partial charge in [-0.15, -0.1) is 0 Å². The van der Waals surface area contributed by atoms with E-state index in [1.165, 1.54) is 89.9 Å². The average molecular weight is 1170 g/mol. The van der Waals surface area contributed by atoms with Crippen molar-refractivity contribution < 1.29 is 80.2 Å². The summed E-state index contributed by atoms with van der Waals surface area (Å²) >= 11 is 0. The minimum atomic E-state index is -4.94. The van der Waals surface area contributed by atoms with Crippen molar-refractivity contribution in [2.75, 3.05) is 39.6 Å². The van der Waals surface area contributed by atoms with Gasteiger partial charge in [-0.2, -0.15) is 0 Å². The molecular weight excluding hydrogens is 1050 g/mol. The highest BCUT2D eigenvalue weighted by molar-refractivity contribution is 7.47. The van der Waals surface area contributed by atoms with Crippen molar-refractivity contribution in [3.63, 3.8) is 0 Å². The molecular formula is C60H116O17P2. The van der Waals surface area contributed by atoms with Crippen LogP contribution in [0.2, 0.25) is 0 Å². The van der Waals surface area contributed by atoms with Crippen LogP contribution in [0.15, 0.2) is 0 Å². The molecule has 0 radical (unpaired) electrons. The molecule has 0 aliphatic heterocycles. The summed E-state index contributed by atoms with van der Waals surface area (Å²) in [5.74, 6) is -0.695. The smallest absolute Gasteiger partial charge is 0.462 e. The summed E-state index contributed by atoms with van der Waals surface area (Å²) in [6, 6.07) is 0. The molecule has 0 saturated heterocycles. The van der Waals surface area contributed by atoms with Crippen molar-refractivity contribution in [3.05, 3.63) is 0 Å². The van der Waals surface area contributed by atoms with E-state index in [0.717, 1.165) is 121 Å². The van der Waals surface area contributed by atoms with E-state index in [4.69, 9.17) is 37.0 Å². The molecule has 0 bridgehead atoms. The standard InChI is InChI=1S/C60H116O17P2/c1-7-11-13-15-17-18-19-20-21-23-32-38-44-59(64)76-55(49-71-58(63)43-37-31-26-24-28-34-40-52(5)9-3)50-74-78(66,67)72-46-54(61)47-73-79(68,69)75-51-56(48-70-57(62)42-36-30-22-16-14-12-8-2)77-60(65)45-39-33-27-25-29-35-41-53(6)10-4/h52-56,61H,7-51H2,1-6H3,(H,66,67)(H,68,69)/t52?,53?,54-,55-,56-/m1/s1. The van der Waals surface area contributed by atoms with Crippen LogP contribution in [0, 0.1) is 11.8 Å². The molecule has 0 saturated carbocycles. The zero-order chi connectivity index (χ0) is 58.7. The Bertz CT molecular complexity index is 1570. The van der Waals surface area contributed by atoms with E-state index in [-0.39, 0.29) is 25.7 Å². The fourth-order valence-electron chi connectivity index (χ4n) is 8.76. The molecule has 3 N–H and O–H groups in total. The van der Waals surface area contributed by atoms with Crippen LogP contribution >= 0.6 is 15.6 Å². The van der Waals surface area contributed by atoms with Gasteiger partial charge in [-0.05, 0) is 37.5 Å². The molecule has 0 heterocycles. The Kier molecular flexibility index (Phi) is 51.5. The molecule has 0 fully saturated rings. The normalized spacial score (nSPS) is 15.1. The molecule has 79 heavy (non-hydrogen) atoms. The van der Waals surface area contributed by atoms with E-state index < -0.39 is 97.5 Å². The maximum absolute atomic E-state index is 12.9. The summed E-state index contributed by atoms with van der Waals surface area (Å²) in [5, 5.41) is 10.5. The van der Waals surface area contributed by atoms with Crippen molar-refractivity contribution in [3.8, 4) is 0 Å². The van der Waals surface area contributed by atoms with E-state index >= 15 is 0 Å². The van der Waals surface area contributed by atoms with Crippen LogP contribution in [0.5, 0.6) is 0 Å². The molecule has 7 atom stereocenters. The largest absolute Gasteiger partial charge is 0.472 e. The Hall–Kier alpha value is -1.94. The number of aliphatic hydroxyl groups is 1. The zero-order valence-electron chi connectivity index (χ0n) is 50.7. The minimum Gasteiger partial charge on any atom is -0.462 e. The van der Waals surface area contributed by atoms with Gasteiger partial charge in [0.25, 0.3) is 0 Å². The first kappa shape index (κ1) is 77.1. The molecule has 19 heteroatoms. The van der Waals surface area contributed by atoms with Crippen LogP contribution < -0.4 is 0 Å². The molecule has 468 valence electrons. The molecule has 0 aliphatic carbocycles. The van der Waals surface area contributed by atoms with Crippen molar-refractivity contribution in [2.24, 2.45) is 11.8 Å². The maximum Gasteiger partial charge on any atom is 0.472 e. The SMILES string of the molecule is CCCCCCCCCCCCCCC(=O)O[C@H](COC(=O)CCCCCCCCC(C)CC)COP(=O)(O)OC[C@@H](O)COP(=O)(O)OC[C@@H](COC(=O)CCCCCCCCC)OC(=O)CCCCCCCCC(C)CC. The second kappa shape index (κ2) is 52.8. The first-order valence-corrected chi connectivity index (χ1v) is 34.6. The Morgan fingerprint density at radius 1 is 0.354 bits per heavy atom. The number of carbonyl (C=O) groups is 4. The third kappa shape index (κ3) is 52.6. The second-order valence-corrected chi connectivity index (χ2v) is 25.1. The highest BCUT2D eigenvalue weighted by Crippen LogP contribution is 2.45. The van der Waals surface area contributed by atoms with Gasteiger partial charge in [0.05, 0.1) is 26.4 Å². The lowest BCUT2D eigenvalue weighted by molar-refractivity contribution is -0.161. The number of hydrogen-bond donors (Lipinski definition) is 3. The Morgan fingerprint density at radius 3 is 0.899 bits per heavy atom. The first-order chi connectivity index (χ1) is 37.9. The molecule has 0 amide bonds. The lowest BCUT2D eigenvalue weighted by atomic mass is 10.00.